The van der Waals surface area contributed by atoms with Gasteiger partial charge < -0.3 is 14.8 Å². The number of hydrogen-bond donors (Lipinski definition) is 1. The largest absolute Gasteiger partial charge is 0.341 e. The fourth-order valence-corrected chi connectivity index (χ4v) is 4.91. The zero-order valence-electron chi connectivity index (χ0n) is 16.6. The van der Waals surface area contributed by atoms with Crippen molar-refractivity contribution in [2.24, 2.45) is 0 Å². The van der Waals surface area contributed by atoms with Gasteiger partial charge in [-0.15, -0.1) is 0 Å². The van der Waals surface area contributed by atoms with Gasteiger partial charge in [0.1, 0.15) is 6.04 Å². The molecule has 28 heavy (non-hydrogen) atoms. The fraction of sp³-hybridized carbons (Fsp3) is 0.524. The van der Waals surface area contributed by atoms with Crippen molar-refractivity contribution in [1.29, 1.82) is 0 Å². The van der Waals surface area contributed by atoms with E-state index in [-0.39, 0.29) is 23.9 Å². The van der Waals surface area contributed by atoms with Crippen LogP contribution in [0.2, 0.25) is 0 Å². The van der Waals surface area contributed by atoms with Gasteiger partial charge in [-0.2, -0.15) is 11.8 Å². The van der Waals surface area contributed by atoms with Crippen molar-refractivity contribution >= 4 is 23.6 Å². The summed E-state index contributed by atoms with van der Waals surface area (Å²) in [5, 5.41) is 1.92. The van der Waals surface area contributed by atoms with Crippen molar-refractivity contribution in [1.82, 2.24) is 20.2 Å². The van der Waals surface area contributed by atoms with E-state index in [1.54, 1.807) is 11.1 Å². The molecule has 150 valence electrons. The Kier molecular flexibility index (Phi) is 5.64. The summed E-state index contributed by atoms with van der Waals surface area (Å²) in [5.74, 6) is 2.25. The van der Waals surface area contributed by atoms with Crippen molar-refractivity contribution in [2.45, 2.75) is 38.8 Å². The van der Waals surface area contributed by atoms with Gasteiger partial charge in [-0.3, -0.25) is 9.59 Å². The van der Waals surface area contributed by atoms with Crippen LogP contribution in [0, 0.1) is 13.8 Å². The number of rotatable bonds is 4. The predicted molar refractivity (Wildman–Crippen MR) is 111 cm³/mol. The van der Waals surface area contributed by atoms with Crippen LogP contribution in [0.4, 0.5) is 0 Å². The Labute approximate surface area is 170 Å². The molecule has 3 heterocycles. The average Bonchev–Trinajstić information content (AvgIpc) is 3.15. The van der Waals surface area contributed by atoms with Crippen LogP contribution in [-0.2, 0) is 9.59 Å². The van der Waals surface area contributed by atoms with E-state index in [9.17, 15) is 9.59 Å². The highest BCUT2D eigenvalue weighted by molar-refractivity contribution is 7.99. The second-order valence-electron chi connectivity index (χ2n) is 7.76. The van der Waals surface area contributed by atoms with E-state index < -0.39 is 0 Å². The number of hydrogen-bond acceptors (Lipinski definition) is 5. The third-order valence-corrected chi connectivity index (χ3v) is 6.88. The Morgan fingerprint density at radius 2 is 1.96 bits per heavy atom. The third kappa shape index (κ3) is 3.91. The molecule has 2 amide bonds. The van der Waals surface area contributed by atoms with E-state index in [2.05, 4.69) is 37.5 Å². The minimum Gasteiger partial charge on any atom is -0.341 e. The lowest BCUT2D eigenvalue weighted by Gasteiger charge is -2.32. The minimum absolute atomic E-state index is 0.0725. The monoisotopic (exact) mass is 400 g/mol. The first-order chi connectivity index (χ1) is 13.5. The number of hydrazine groups is 1. The zero-order valence-corrected chi connectivity index (χ0v) is 17.4. The molecule has 2 atom stereocenters. The molecule has 3 aliphatic rings. The van der Waals surface area contributed by atoms with Gasteiger partial charge in [0.15, 0.2) is 0 Å². The van der Waals surface area contributed by atoms with Crippen LogP contribution in [0.1, 0.15) is 35.6 Å². The Hall–Kier alpha value is -1.99. The molecule has 2 saturated heterocycles. The first-order valence-corrected chi connectivity index (χ1v) is 11.1. The van der Waals surface area contributed by atoms with Gasteiger partial charge in [0.2, 0.25) is 5.91 Å². The van der Waals surface area contributed by atoms with E-state index in [0.717, 1.165) is 31.0 Å². The molecule has 1 aromatic carbocycles. The third-order valence-electron chi connectivity index (χ3n) is 5.94. The topological polar surface area (TPSA) is 55.9 Å². The van der Waals surface area contributed by atoms with E-state index in [0.29, 0.717) is 13.0 Å². The lowest BCUT2D eigenvalue weighted by molar-refractivity contribution is -0.136. The van der Waals surface area contributed by atoms with Crippen molar-refractivity contribution in [3.05, 3.63) is 47.3 Å². The zero-order chi connectivity index (χ0) is 19.7. The molecule has 0 bridgehead atoms. The Bertz CT molecular complexity index is 791. The Morgan fingerprint density at radius 3 is 2.71 bits per heavy atom. The molecular formula is C21H28N4O2S. The molecule has 3 aliphatic heterocycles. The number of benzene rings is 1. The van der Waals surface area contributed by atoms with Crippen molar-refractivity contribution in [3.8, 4) is 0 Å². The standard InChI is InChI=1S/C21H28N4O2S/c1-15-3-4-17(13-16(15)2)18-14-19-21(27)24(7-8-25(19)22-18)6-5-20(26)23-9-11-28-12-10-23/h3-4,7-8,13,18-19,22H,5-6,9-12,14H2,1-2H3. The maximum absolute atomic E-state index is 13.0. The molecule has 0 radical (unpaired) electrons. The summed E-state index contributed by atoms with van der Waals surface area (Å²) in [6, 6.07) is 6.40. The van der Waals surface area contributed by atoms with Crippen molar-refractivity contribution in [3.63, 3.8) is 0 Å². The molecule has 0 aromatic heterocycles. The number of carbonyl (C=O) groups excluding carboxylic acids is 2. The van der Waals surface area contributed by atoms with Crippen molar-refractivity contribution in [2.75, 3.05) is 31.1 Å². The second-order valence-corrected chi connectivity index (χ2v) is 8.98. The van der Waals surface area contributed by atoms with E-state index in [1.165, 1.54) is 16.7 Å². The number of nitrogens with zero attached hydrogens (tertiary/aromatic N) is 3. The molecule has 1 aromatic rings. The molecule has 0 spiro atoms. The summed E-state index contributed by atoms with van der Waals surface area (Å²) in [5.41, 5.74) is 7.20. The van der Waals surface area contributed by atoms with E-state index >= 15 is 0 Å². The number of carbonyl (C=O) groups is 2. The maximum Gasteiger partial charge on any atom is 0.250 e. The summed E-state index contributed by atoms with van der Waals surface area (Å²) >= 11 is 1.89. The average molecular weight is 401 g/mol. The van der Waals surface area contributed by atoms with Crippen LogP contribution in [0.5, 0.6) is 0 Å². The molecule has 0 saturated carbocycles. The van der Waals surface area contributed by atoms with Crippen LogP contribution in [-0.4, -0.2) is 63.8 Å². The molecule has 6 nitrogen and oxygen atoms in total. The number of nitrogens with one attached hydrogen (secondary N) is 1. The van der Waals surface area contributed by atoms with Gasteiger partial charge in [-0.05, 0) is 37.0 Å². The SMILES string of the molecule is Cc1ccc(C2CC3C(=O)N(CCC(=O)N4CCSCC4)C=CN3N2)cc1C. The molecule has 4 rings (SSSR count). The highest BCUT2D eigenvalue weighted by atomic mass is 32.2. The maximum atomic E-state index is 13.0. The van der Waals surface area contributed by atoms with Crippen LogP contribution >= 0.6 is 11.8 Å². The molecule has 2 fully saturated rings. The quantitative estimate of drug-likeness (QED) is 0.840. The summed E-state index contributed by atoms with van der Waals surface area (Å²) in [6.45, 7) is 6.33. The van der Waals surface area contributed by atoms with Crippen LogP contribution in [0.3, 0.4) is 0 Å². The first kappa shape index (κ1) is 19.3. The van der Waals surface area contributed by atoms with Gasteiger partial charge >= 0.3 is 0 Å². The Morgan fingerprint density at radius 1 is 1.18 bits per heavy atom. The number of thioether (sulfide) groups is 1. The molecule has 0 aliphatic carbocycles. The minimum atomic E-state index is -0.210. The van der Waals surface area contributed by atoms with Crippen LogP contribution < -0.4 is 5.43 Å². The molecular weight excluding hydrogens is 372 g/mol. The summed E-state index contributed by atoms with van der Waals surface area (Å²) < 4.78 is 0. The number of fused-ring (bicyclic) bond motifs is 1. The van der Waals surface area contributed by atoms with Gasteiger partial charge in [0.25, 0.3) is 5.91 Å². The van der Waals surface area contributed by atoms with Gasteiger partial charge in [-0.1, -0.05) is 18.2 Å². The highest BCUT2D eigenvalue weighted by Crippen LogP contribution is 2.31. The lowest BCUT2D eigenvalue weighted by Crippen LogP contribution is -2.49. The van der Waals surface area contributed by atoms with Gasteiger partial charge in [0.05, 0.1) is 6.04 Å². The summed E-state index contributed by atoms with van der Waals surface area (Å²) in [4.78, 5) is 29.0. The van der Waals surface area contributed by atoms with Crippen LogP contribution in [0.25, 0.3) is 0 Å². The normalized spacial score (nSPS) is 24.6. The smallest absolute Gasteiger partial charge is 0.250 e. The summed E-state index contributed by atoms with van der Waals surface area (Å²) in [7, 11) is 0. The molecule has 1 N–H and O–H groups in total. The van der Waals surface area contributed by atoms with Crippen molar-refractivity contribution < 1.29 is 9.59 Å². The second kappa shape index (κ2) is 8.17. The lowest BCUT2D eigenvalue weighted by atomic mass is 9.97. The van der Waals surface area contributed by atoms with Crippen LogP contribution in [0.15, 0.2) is 30.6 Å². The fourth-order valence-electron chi connectivity index (χ4n) is 4.01. The van der Waals surface area contributed by atoms with Gasteiger partial charge in [-0.25, -0.2) is 5.43 Å². The Balaban J connectivity index is 1.36. The van der Waals surface area contributed by atoms with E-state index in [1.807, 2.05) is 27.9 Å². The van der Waals surface area contributed by atoms with E-state index in [4.69, 9.17) is 0 Å². The molecule has 7 heteroatoms. The summed E-state index contributed by atoms with van der Waals surface area (Å²) in [6.07, 6.45) is 4.85. The molecule has 2 unspecified atom stereocenters. The van der Waals surface area contributed by atoms with Gasteiger partial charge in [0, 0.05) is 50.0 Å². The highest BCUT2D eigenvalue weighted by Gasteiger charge is 2.40. The number of aryl methyl sites for hydroxylation is 2. The first-order valence-electron chi connectivity index (χ1n) is 9.99. The number of amides is 2. The predicted octanol–water partition coefficient (Wildman–Crippen LogP) is 2.20.